The Bertz CT molecular complexity index is 1360. The summed E-state index contributed by atoms with van der Waals surface area (Å²) in [5, 5.41) is 3.18. The molecule has 6 nitrogen and oxygen atoms in total. The molecule has 1 amide bonds. The zero-order valence-electron chi connectivity index (χ0n) is 18.8. The zero-order valence-corrected chi connectivity index (χ0v) is 18.8. The lowest BCUT2D eigenvalue weighted by Crippen LogP contribution is -2.20. The molecule has 0 saturated heterocycles. The first-order valence-corrected chi connectivity index (χ1v) is 10.7. The average Bonchev–Trinajstić information content (AvgIpc) is 2.81. The molecule has 1 aromatic heterocycles. The van der Waals surface area contributed by atoms with E-state index in [1.54, 1.807) is 18.2 Å². The summed E-state index contributed by atoms with van der Waals surface area (Å²) in [5.41, 5.74) is 2.78. The van der Waals surface area contributed by atoms with Gasteiger partial charge in [-0.1, -0.05) is 50.2 Å². The predicted octanol–water partition coefficient (Wildman–Crippen LogP) is 6.03. The highest BCUT2D eigenvalue weighted by atomic mass is 16.5. The van der Waals surface area contributed by atoms with Gasteiger partial charge in [0, 0.05) is 11.8 Å². The molecule has 0 aliphatic rings. The van der Waals surface area contributed by atoms with Gasteiger partial charge in [0.05, 0.1) is 5.39 Å². The SMILES string of the molecule is Cc1ccccc1NC(=O)COc1ccc2c(=O)c(Oc3ccccc3C(C)C)coc2c1. The number of carbonyl (C=O) groups is 1. The van der Waals surface area contributed by atoms with Crippen LogP contribution < -0.4 is 20.2 Å². The molecule has 0 spiro atoms. The summed E-state index contributed by atoms with van der Waals surface area (Å²) in [5.74, 6) is 1.12. The van der Waals surface area contributed by atoms with Crippen molar-refractivity contribution in [2.45, 2.75) is 26.7 Å². The first-order chi connectivity index (χ1) is 15.9. The minimum atomic E-state index is -0.279. The number of ether oxygens (including phenoxy) is 2. The molecule has 0 saturated carbocycles. The van der Waals surface area contributed by atoms with Gasteiger partial charge in [-0.25, -0.2) is 0 Å². The average molecular weight is 443 g/mol. The molecule has 0 unspecified atom stereocenters. The van der Waals surface area contributed by atoms with Crippen molar-refractivity contribution in [1.82, 2.24) is 0 Å². The Kier molecular flexibility index (Phi) is 6.45. The topological polar surface area (TPSA) is 77.8 Å². The summed E-state index contributed by atoms with van der Waals surface area (Å²) in [6, 6.07) is 19.9. The van der Waals surface area contributed by atoms with Crippen molar-refractivity contribution in [3.05, 3.63) is 94.3 Å². The van der Waals surface area contributed by atoms with Crippen LogP contribution in [0.5, 0.6) is 17.2 Å². The molecule has 3 aromatic carbocycles. The lowest BCUT2D eigenvalue weighted by Gasteiger charge is -2.13. The number of anilines is 1. The minimum absolute atomic E-state index is 0.113. The third-order valence-corrected chi connectivity index (χ3v) is 5.26. The van der Waals surface area contributed by atoms with E-state index in [9.17, 15) is 9.59 Å². The highest BCUT2D eigenvalue weighted by molar-refractivity contribution is 5.92. The van der Waals surface area contributed by atoms with Crippen LogP contribution in [-0.4, -0.2) is 12.5 Å². The fourth-order valence-corrected chi connectivity index (χ4v) is 3.47. The Morgan fingerprint density at radius 2 is 1.76 bits per heavy atom. The summed E-state index contributed by atoms with van der Waals surface area (Å²) >= 11 is 0. The molecule has 6 heteroatoms. The van der Waals surface area contributed by atoms with Crippen LogP contribution in [0.4, 0.5) is 5.69 Å². The van der Waals surface area contributed by atoms with E-state index in [0.717, 1.165) is 16.8 Å². The number of hydrogen-bond donors (Lipinski definition) is 1. The normalized spacial score (nSPS) is 10.9. The number of aryl methyl sites for hydroxylation is 1. The Labute approximate surface area is 191 Å². The van der Waals surface area contributed by atoms with E-state index in [1.807, 2.05) is 55.5 Å². The van der Waals surface area contributed by atoms with Crippen LogP contribution in [0, 0.1) is 6.92 Å². The largest absolute Gasteiger partial charge is 0.484 e. The number of benzene rings is 3. The van der Waals surface area contributed by atoms with Crippen LogP contribution in [0.2, 0.25) is 0 Å². The summed E-state index contributed by atoms with van der Waals surface area (Å²) < 4.78 is 17.1. The molecule has 0 radical (unpaired) electrons. The van der Waals surface area contributed by atoms with Crippen LogP contribution in [0.25, 0.3) is 11.0 Å². The second kappa shape index (κ2) is 9.61. The maximum atomic E-state index is 12.9. The lowest BCUT2D eigenvalue weighted by molar-refractivity contribution is -0.118. The second-order valence-electron chi connectivity index (χ2n) is 8.03. The first-order valence-electron chi connectivity index (χ1n) is 10.7. The van der Waals surface area contributed by atoms with E-state index in [4.69, 9.17) is 13.9 Å². The van der Waals surface area contributed by atoms with Gasteiger partial charge in [0.1, 0.15) is 23.3 Å². The van der Waals surface area contributed by atoms with Crippen molar-refractivity contribution in [3.8, 4) is 17.2 Å². The number of amides is 1. The number of rotatable bonds is 7. The molecule has 4 aromatic rings. The third-order valence-electron chi connectivity index (χ3n) is 5.26. The van der Waals surface area contributed by atoms with Gasteiger partial charge >= 0.3 is 0 Å². The molecule has 168 valence electrons. The highest BCUT2D eigenvalue weighted by Gasteiger charge is 2.14. The molecule has 0 fully saturated rings. The van der Waals surface area contributed by atoms with Crippen LogP contribution in [0.3, 0.4) is 0 Å². The summed E-state index contributed by atoms with van der Waals surface area (Å²) in [6.45, 7) is 5.88. The zero-order chi connectivity index (χ0) is 23.4. The minimum Gasteiger partial charge on any atom is -0.484 e. The van der Waals surface area contributed by atoms with E-state index >= 15 is 0 Å². The van der Waals surface area contributed by atoms with Crippen molar-refractivity contribution >= 4 is 22.6 Å². The number of hydrogen-bond acceptors (Lipinski definition) is 5. The summed E-state index contributed by atoms with van der Waals surface area (Å²) in [4.78, 5) is 25.2. The molecule has 1 heterocycles. The molecular formula is C27H25NO5. The van der Waals surface area contributed by atoms with Crippen molar-refractivity contribution in [2.24, 2.45) is 0 Å². The fourth-order valence-electron chi connectivity index (χ4n) is 3.47. The maximum Gasteiger partial charge on any atom is 0.262 e. The Morgan fingerprint density at radius 3 is 2.55 bits per heavy atom. The molecular weight excluding hydrogens is 418 g/mol. The summed E-state index contributed by atoms with van der Waals surface area (Å²) in [7, 11) is 0. The smallest absolute Gasteiger partial charge is 0.262 e. The second-order valence-corrected chi connectivity index (χ2v) is 8.03. The van der Waals surface area contributed by atoms with Gasteiger partial charge in [-0.3, -0.25) is 9.59 Å². The van der Waals surface area contributed by atoms with E-state index in [0.29, 0.717) is 22.5 Å². The van der Waals surface area contributed by atoms with E-state index < -0.39 is 0 Å². The quantitative estimate of drug-likeness (QED) is 0.377. The van der Waals surface area contributed by atoms with Crippen LogP contribution >= 0.6 is 0 Å². The van der Waals surface area contributed by atoms with Crippen LogP contribution in [0.1, 0.15) is 30.9 Å². The lowest BCUT2D eigenvalue weighted by atomic mass is 10.0. The standard InChI is InChI=1S/C27H25NO5/c1-17(2)20-9-5-7-11-23(20)33-25-15-32-24-14-19(12-13-21(24)27(25)30)31-16-26(29)28-22-10-6-4-8-18(22)3/h4-15,17H,16H2,1-3H3,(H,28,29). The molecule has 0 aliphatic heterocycles. The number of fused-ring (bicyclic) bond motifs is 1. The van der Waals surface area contributed by atoms with Crippen molar-refractivity contribution in [3.63, 3.8) is 0 Å². The monoisotopic (exact) mass is 443 g/mol. The van der Waals surface area contributed by atoms with Crippen molar-refractivity contribution in [1.29, 1.82) is 0 Å². The van der Waals surface area contributed by atoms with Gasteiger partial charge in [-0.05, 0) is 48.2 Å². The van der Waals surface area contributed by atoms with Gasteiger partial charge in [0.25, 0.3) is 5.91 Å². The molecule has 33 heavy (non-hydrogen) atoms. The van der Waals surface area contributed by atoms with Crippen molar-refractivity contribution in [2.75, 3.05) is 11.9 Å². The van der Waals surface area contributed by atoms with E-state index in [-0.39, 0.29) is 29.6 Å². The molecule has 4 rings (SSSR count). The fraction of sp³-hybridized carbons (Fsp3) is 0.185. The molecule has 0 aliphatic carbocycles. The Morgan fingerprint density at radius 1 is 1.00 bits per heavy atom. The maximum absolute atomic E-state index is 12.9. The third kappa shape index (κ3) is 5.06. The number of nitrogens with one attached hydrogen (secondary N) is 1. The predicted molar refractivity (Wildman–Crippen MR) is 128 cm³/mol. The Balaban J connectivity index is 1.48. The Hall–Kier alpha value is -4.06. The van der Waals surface area contributed by atoms with E-state index in [2.05, 4.69) is 19.2 Å². The molecule has 0 atom stereocenters. The van der Waals surface area contributed by atoms with Crippen LogP contribution in [-0.2, 0) is 4.79 Å². The van der Waals surface area contributed by atoms with E-state index in [1.165, 1.54) is 6.26 Å². The number of para-hydroxylation sites is 2. The number of carbonyl (C=O) groups excluding carboxylic acids is 1. The van der Waals surface area contributed by atoms with Crippen LogP contribution in [0.15, 0.2) is 82.2 Å². The van der Waals surface area contributed by atoms with Crippen molar-refractivity contribution < 1.29 is 18.7 Å². The van der Waals surface area contributed by atoms with Gasteiger partial charge in [-0.15, -0.1) is 0 Å². The molecule has 0 bridgehead atoms. The van der Waals surface area contributed by atoms with Gasteiger partial charge in [0.15, 0.2) is 6.61 Å². The van der Waals surface area contributed by atoms with Gasteiger partial charge in [-0.2, -0.15) is 0 Å². The highest BCUT2D eigenvalue weighted by Crippen LogP contribution is 2.30. The van der Waals surface area contributed by atoms with Gasteiger partial charge in [0.2, 0.25) is 11.2 Å². The summed E-state index contributed by atoms with van der Waals surface area (Å²) in [6.07, 6.45) is 1.30. The molecule has 1 N–H and O–H groups in total. The van der Waals surface area contributed by atoms with Gasteiger partial charge < -0.3 is 19.2 Å². The first kappa shape index (κ1) is 22.1.